The van der Waals surface area contributed by atoms with Gasteiger partial charge in [0.1, 0.15) is 11.5 Å². The first-order valence-corrected chi connectivity index (χ1v) is 12.3. The van der Waals surface area contributed by atoms with Gasteiger partial charge in [-0.3, -0.25) is 9.59 Å². The van der Waals surface area contributed by atoms with Crippen LogP contribution < -0.4 is 14.4 Å². The van der Waals surface area contributed by atoms with Crippen molar-refractivity contribution in [3.63, 3.8) is 0 Å². The molecule has 7 heteroatoms. The maximum Gasteiger partial charge on any atom is 0.228 e. The van der Waals surface area contributed by atoms with Gasteiger partial charge in [0.15, 0.2) is 0 Å². The summed E-state index contributed by atoms with van der Waals surface area (Å²) >= 11 is 1.65. The predicted molar refractivity (Wildman–Crippen MR) is 134 cm³/mol. The fourth-order valence-electron chi connectivity index (χ4n) is 4.55. The van der Waals surface area contributed by atoms with Gasteiger partial charge in [0.2, 0.25) is 11.8 Å². The van der Waals surface area contributed by atoms with E-state index in [1.165, 1.54) is 0 Å². The van der Waals surface area contributed by atoms with E-state index < -0.39 is 6.04 Å². The van der Waals surface area contributed by atoms with Crippen LogP contribution in [0.25, 0.3) is 0 Å². The molecule has 0 saturated carbocycles. The van der Waals surface area contributed by atoms with Crippen molar-refractivity contribution in [1.82, 2.24) is 4.90 Å². The third kappa shape index (κ3) is 4.94. The van der Waals surface area contributed by atoms with E-state index in [0.29, 0.717) is 25.9 Å². The number of hydrogen-bond donors (Lipinski definition) is 0. The quantitative estimate of drug-likeness (QED) is 0.441. The Balaban J connectivity index is 1.73. The molecule has 1 aliphatic rings. The summed E-state index contributed by atoms with van der Waals surface area (Å²) in [5.41, 5.74) is 1.67. The Morgan fingerprint density at radius 2 is 1.68 bits per heavy atom. The molecule has 4 rings (SSSR count). The van der Waals surface area contributed by atoms with Crippen molar-refractivity contribution < 1.29 is 19.1 Å². The second kappa shape index (κ2) is 10.7. The number of methoxy groups -OCH3 is 2. The summed E-state index contributed by atoms with van der Waals surface area (Å²) in [4.78, 5) is 32.0. The van der Waals surface area contributed by atoms with Gasteiger partial charge in [-0.05, 0) is 66.8 Å². The lowest BCUT2D eigenvalue weighted by molar-refractivity contribution is -0.138. The average molecular weight is 479 g/mol. The number of carbonyl (C=O) groups excluding carboxylic acids is 2. The van der Waals surface area contributed by atoms with Crippen molar-refractivity contribution in [2.45, 2.75) is 32.4 Å². The summed E-state index contributed by atoms with van der Waals surface area (Å²) in [5, 5.41) is 2.03. The molecule has 0 radical (unpaired) electrons. The standard InChI is InChI=1S/C27H30N2O4S/c1-4-28(18-23-6-5-17-34-23)27(31)24-15-16-25(30)29(20-9-13-22(33-3)14-10-20)26(24)19-7-11-21(32-2)12-8-19/h5-14,17,24,26H,4,15-16,18H2,1-3H3. The Morgan fingerprint density at radius 3 is 2.24 bits per heavy atom. The predicted octanol–water partition coefficient (Wildman–Crippen LogP) is 5.30. The lowest BCUT2D eigenvalue weighted by Crippen LogP contribution is -2.49. The minimum absolute atomic E-state index is 0.0105. The first-order chi connectivity index (χ1) is 16.5. The third-order valence-electron chi connectivity index (χ3n) is 6.34. The van der Waals surface area contributed by atoms with Crippen LogP contribution in [-0.2, 0) is 16.1 Å². The van der Waals surface area contributed by atoms with E-state index in [-0.39, 0.29) is 17.7 Å². The number of ether oxygens (including phenoxy) is 2. The highest BCUT2D eigenvalue weighted by molar-refractivity contribution is 7.09. The molecular formula is C27H30N2O4S. The van der Waals surface area contributed by atoms with Crippen LogP contribution in [0.4, 0.5) is 5.69 Å². The fourth-order valence-corrected chi connectivity index (χ4v) is 5.27. The van der Waals surface area contributed by atoms with Crippen molar-refractivity contribution in [2.75, 3.05) is 25.7 Å². The normalized spacial score (nSPS) is 18.0. The van der Waals surface area contributed by atoms with Gasteiger partial charge in [0, 0.05) is 23.5 Å². The largest absolute Gasteiger partial charge is 0.497 e. The van der Waals surface area contributed by atoms with Crippen molar-refractivity contribution >= 4 is 28.8 Å². The molecule has 0 bridgehead atoms. The lowest BCUT2D eigenvalue weighted by atomic mass is 9.82. The molecule has 2 atom stereocenters. The van der Waals surface area contributed by atoms with Crippen molar-refractivity contribution in [1.29, 1.82) is 0 Å². The van der Waals surface area contributed by atoms with Gasteiger partial charge in [0.05, 0.1) is 32.7 Å². The van der Waals surface area contributed by atoms with E-state index in [0.717, 1.165) is 27.6 Å². The first kappa shape index (κ1) is 23.8. The number of nitrogens with zero attached hydrogens (tertiary/aromatic N) is 2. The zero-order valence-electron chi connectivity index (χ0n) is 19.8. The molecule has 0 N–H and O–H groups in total. The number of anilines is 1. The Labute approximate surface area is 204 Å². The Hall–Kier alpha value is -3.32. The smallest absolute Gasteiger partial charge is 0.228 e. The molecule has 1 saturated heterocycles. The van der Waals surface area contributed by atoms with E-state index >= 15 is 0 Å². The van der Waals surface area contributed by atoms with Crippen LogP contribution in [0.1, 0.15) is 36.2 Å². The van der Waals surface area contributed by atoms with Gasteiger partial charge in [-0.1, -0.05) is 18.2 Å². The number of hydrogen-bond acceptors (Lipinski definition) is 5. The topological polar surface area (TPSA) is 59.1 Å². The number of carbonyl (C=O) groups is 2. The molecule has 2 heterocycles. The number of benzene rings is 2. The molecular weight excluding hydrogens is 448 g/mol. The van der Waals surface area contributed by atoms with Crippen LogP contribution in [0.5, 0.6) is 11.5 Å². The fraction of sp³-hybridized carbons (Fsp3) is 0.333. The Bertz CT molecular complexity index is 1100. The summed E-state index contributed by atoms with van der Waals surface area (Å²) in [6, 6.07) is 18.7. The van der Waals surface area contributed by atoms with Crippen LogP contribution in [0.15, 0.2) is 66.0 Å². The summed E-state index contributed by atoms with van der Waals surface area (Å²) < 4.78 is 10.6. The number of rotatable bonds is 8. The van der Waals surface area contributed by atoms with Crippen LogP contribution in [0.2, 0.25) is 0 Å². The van der Waals surface area contributed by atoms with Crippen molar-refractivity contribution in [3.05, 3.63) is 76.5 Å². The van der Waals surface area contributed by atoms with Crippen LogP contribution in [0, 0.1) is 5.92 Å². The summed E-state index contributed by atoms with van der Waals surface area (Å²) in [6.07, 6.45) is 0.841. The molecule has 178 valence electrons. The molecule has 2 aromatic carbocycles. The monoisotopic (exact) mass is 478 g/mol. The van der Waals surface area contributed by atoms with Gasteiger partial charge >= 0.3 is 0 Å². The number of amides is 2. The molecule has 1 aliphatic heterocycles. The summed E-state index contributed by atoms with van der Waals surface area (Å²) in [7, 11) is 3.24. The van der Waals surface area contributed by atoms with Crippen LogP contribution >= 0.6 is 11.3 Å². The van der Waals surface area contributed by atoms with Gasteiger partial charge in [-0.25, -0.2) is 0 Å². The lowest BCUT2D eigenvalue weighted by Gasteiger charge is -2.42. The van der Waals surface area contributed by atoms with Gasteiger partial charge in [-0.15, -0.1) is 11.3 Å². The highest BCUT2D eigenvalue weighted by Gasteiger charge is 2.42. The van der Waals surface area contributed by atoms with Gasteiger partial charge in [-0.2, -0.15) is 0 Å². The highest BCUT2D eigenvalue weighted by Crippen LogP contribution is 2.41. The van der Waals surface area contributed by atoms with E-state index in [1.54, 1.807) is 30.5 Å². The second-order valence-electron chi connectivity index (χ2n) is 8.26. The Kier molecular flexibility index (Phi) is 7.53. The average Bonchev–Trinajstić information content (AvgIpc) is 3.40. The summed E-state index contributed by atoms with van der Waals surface area (Å²) in [6.45, 7) is 3.19. The van der Waals surface area contributed by atoms with Gasteiger partial charge in [0.25, 0.3) is 0 Å². The van der Waals surface area contributed by atoms with E-state index in [1.807, 2.05) is 71.8 Å². The van der Waals surface area contributed by atoms with Gasteiger partial charge < -0.3 is 19.3 Å². The zero-order valence-corrected chi connectivity index (χ0v) is 20.6. The maximum atomic E-state index is 13.9. The molecule has 1 aromatic heterocycles. The zero-order chi connectivity index (χ0) is 24.1. The van der Waals surface area contributed by atoms with Crippen LogP contribution in [0.3, 0.4) is 0 Å². The first-order valence-electron chi connectivity index (χ1n) is 11.5. The van der Waals surface area contributed by atoms with E-state index in [2.05, 4.69) is 6.07 Å². The van der Waals surface area contributed by atoms with Crippen molar-refractivity contribution in [2.24, 2.45) is 5.92 Å². The summed E-state index contributed by atoms with van der Waals surface area (Å²) in [5.74, 6) is 1.18. The second-order valence-corrected chi connectivity index (χ2v) is 9.29. The molecule has 1 fully saturated rings. The van der Waals surface area contributed by atoms with Crippen molar-refractivity contribution in [3.8, 4) is 11.5 Å². The minimum atomic E-state index is -0.412. The molecule has 2 unspecified atom stereocenters. The molecule has 0 spiro atoms. The van der Waals surface area contributed by atoms with E-state index in [4.69, 9.17) is 9.47 Å². The SMILES string of the molecule is CCN(Cc1cccs1)C(=O)C1CCC(=O)N(c2ccc(OC)cc2)C1c1ccc(OC)cc1. The Morgan fingerprint density at radius 1 is 1.03 bits per heavy atom. The number of thiophene rings is 1. The third-order valence-corrected chi connectivity index (χ3v) is 7.20. The molecule has 34 heavy (non-hydrogen) atoms. The molecule has 0 aliphatic carbocycles. The minimum Gasteiger partial charge on any atom is -0.497 e. The van der Waals surface area contributed by atoms with E-state index in [9.17, 15) is 9.59 Å². The maximum absolute atomic E-state index is 13.9. The molecule has 6 nitrogen and oxygen atoms in total. The molecule has 3 aromatic rings. The molecule has 2 amide bonds. The van der Waals surface area contributed by atoms with Crippen LogP contribution in [-0.4, -0.2) is 37.5 Å². The highest BCUT2D eigenvalue weighted by atomic mass is 32.1. The number of piperidine rings is 1.